The Morgan fingerprint density at radius 1 is 1.24 bits per heavy atom. The molecule has 0 unspecified atom stereocenters. The Labute approximate surface area is 125 Å². The quantitative estimate of drug-likeness (QED) is 0.800. The molecule has 1 N–H and O–H groups in total. The molecular weight excluding hydrogens is 308 g/mol. The van der Waals surface area contributed by atoms with Gasteiger partial charge in [0.05, 0.1) is 0 Å². The molecular formula is C13H12N4O2S2. The summed E-state index contributed by atoms with van der Waals surface area (Å²) in [6.07, 6.45) is 1.08. The SMILES string of the molecule is Cc1cccc(-c2nc(-c3n[nH]c(S(C)(=O)=O)n3)cs2)c1. The third kappa shape index (κ3) is 2.86. The second kappa shape index (κ2) is 5.05. The summed E-state index contributed by atoms with van der Waals surface area (Å²) in [5, 5.41) is 8.83. The van der Waals surface area contributed by atoms with Crippen LogP contribution >= 0.6 is 11.3 Å². The molecule has 0 atom stereocenters. The van der Waals surface area contributed by atoms with E-state index in [1.165, 1.54) is 11.3 Å². The van der Waals surface area contributed by atoms with E-state index in [1.54, 1.807) is 0 Å². The Hall–Kier alpha value is -2.06. The van der Waals surface area contributed by atoms with Crippen molar-refractivity contribution in [2.75, 3.05) is 6.26 Å². The molecule has 3 aromatic rings. The van der Waals surface area contributed by atoms with E-state index in [0.717, 1.165) is 22.4 Å². The number of aryl methyl sites for hydroxylation is 1. The molecule has 0 bridgehead atoms. The first-order valence-corrected chi connectivity index (χ1v) is 8.86. The van der Waals surface area contributed by atoms with Gasteiger partial charge in [0.2, 0.25) is 20.8 Å². The monoisotopic (exact) mass is 320 g/mol. The molecule has 0 saturated heterocycles. The average Bonchev–Trinajstić information content (AvgIpc) is 3.07. The summed E-state index contributed by atoms with van der Waals surface area (Å²) >= 11 is 1.47. The van der Waals surface area contributed by atoms with Gasteiger partial charge in [-0.2, -0.15) is 10.1 Å². The van der Waals surface area contributed by atoms with Gasteiger partial charge in [-0.25, -0.2) is 18.5 Å². The van der Waals surface area contributed by atoms with Gasteiger partial charge in [-0.15, -0.1) is 11.3 Å². The highest BCUT2D eigenvalue weighted by Crippen LogP contribution is 2.28. The lowest BCUT2D eigenvalue weighted by atomic mass is 10.1. The van der Waals surface area contributed by atoms with E-state index in [4.69, 9.17) is 0 Å². The van der Waals surface area contributed by atoms with Crippen molar-refractivity contribution in [3.63, 3.8) is 0 Å². The number of benzene rings is 1. The predicted octanol–water partition coefficient (Wildman–Crippen LogP) is 2.31. The van der Waals surface area contributed by atoms with Crippen LogP contribution < -0.4 is 0 Å². The number of nitrogens with one attached hydrogen (secondary N) is 1. The first-order chi connectivity index (χ1) is 9.93. The molecule has 0 fully saturated rings. The number of aromatic nitrogens is 4. The molecule has 0 aliphatic heterocycles. The van der Waals surface area contributed by atoms with E-state index in [1.807, 2.05) is 36.6 Å². The summed E-state index contributed by atoms with van der Waals surface area (Å²) in [7, 11) is -3.39. The van der Waals surface area contributed by atoms with Crippen LogP contribution in [0.4, 0.5) is 0 Å². The fraction of sp³-hybridized carbons (Fsp3) is 0.154. The standard InChI is InChI=1S/C13H12N4O2S2/c1-8-4-3-5-9(6-8)12-14-10(7-20-12)11-15-13(17-16-11)21(2,18)19/h3-7H,1-2H3,(H,15,16,17). The summed E-state index contributed by atoms with van der Waals surface area (Å²) < 4.78 is 22.8. The van der Waals surface area contributed by atoms with E-state index in [0.29, 0.717) is 5.69 Å². The molecule has 108 valence electrons. The topological polar surface area (TPSA) is 88.6 Å². The summed E-state index contributed by atoms with van der Waals surface area (Å²) in [5.41, 5.74) is 2.73. The molecule has 1 aromatic carbocycles. The van der Waals surface area contributed by atoms with Gasteiger partial charge in [-0.05, 0) is 13.0 Å². The van der Waals surface area contributed by atoms with Crippen molar-refractivity contribution in [1.82, 2.24) is 20.2 Å². The summed E-state index contributed by atoms with van der Waals surface area (Å²) in [5.74, 6) is 0.283. The third-order valence-electron chi connectivity index (χ3n) is 2.81. The van der Waals surface area contributed by atoms with Gasteiger partial charge in [0.25, 0.3) is 0 Å². The van der Waals surface area contributed by atoms with Crippen molar-refractivity contribution >= 4 is 21.2 Å². The lowest BCUT2D eigenvalue weighted by Crippen LogP contribution is -1.99. The zero-order valence-electron chi connectivity index (χ0n) is 11.4. The minimum atomic E-state index is -3.39. The molecule has 8 heteroatoms. The molecule has 0 spiro atoms. The fourth-order valence-corrected chi connectivity index (χ4v) is 3.07. The van der Waals surface area contributed by atoms with Crippen molar-refractivity contribution < 1.29 is 8.42 Å². The number of hydrogen-bond donors (Lipinski definition) is 1. The molecule has 6 nitrogen and oxygen atoms in total. The molecule has 0 radical (unpaired) electrons. The van der Waals surface area contributed by atoms with E-state index in [2.05, 4.69) is 20.2 Å². The van der Waals surface area contributed by atoms with Gasteiger partial charge >= 0.3 is 0 Å². The van der Waals surface area contributed by atoms with Gasteiger partial charge in [-0.1, -0.05) is 23.8 Å². The maximum Gasteiger partial charge on any atom is 0.243 e. The van der Waals surface area contributed by atoms with Crippen LogP contribution in [0.1, 0.15) is 5.56 Å². The Balaban J connectivity index is 1.97. The maximum atomic E-state index is 11.4. The third-order valence-corrected chi connectivity index (χ3v) is 4.59. The van der Waals surface area contributed by atoms with E-state index < -0.39 is 9.84 Å². The normalized spacial score (nSPS) is 11.7. The van der Waals surface area contributed by atoms with Crippen molar-refractivity contribution in [1.29, 1.82) is 0 Å². The number of sulfone groups is 1. The zero-order chi connectivity index (χ0) is 15.0. The lowest BCUT2D eigenvalue weighted by Gasteiger charge is -1.97. The maximum absolute atomic E-state index is 11.4. The van der Waals surface area contributed by atoms with Crippen molar-refractivity contribution in [3.8, 4) is 22.1 Å². The largest absolute Gasteiger partial charge is 0.249 e. The van der Waals surface area contributed by atoms with Crippen molar-refractivity contribution in [2.24, 2.45) is 0 Å². The molecule has 0 saturated carbocycles. The van der Waals surface area contributed by atoms with Crippen LogP contribution in [0.2, 0.25) is 0 Å². The van der Waals surface area contributed by atoms with Gasteiger partial charge in [0, 0.05) is 17.2 Å². The molecule has 2 aromatic heterocycles. The Bertz CT molecular complexity index is 896. The highest BCUT2D eigenvalue weighted by molar-refractivity contribution is 7.90. The summed E-state index contributed by atoms with van der Waals surface area (Å²) in [6, 6.07) is 8.02. The van der Waals surface area contributed by atoms with Crippen LogP contribution in [0.3, 0.4) is 0 Å². The molecule has 2 heterocycles. The van der Waals surface area contributed by atoms with E-state index in [9.17, 15) is 8.42 Å². The number of rotatable bonds is 3. The second-order valence-corrected chi connectivity index (χ2v) is 7.43. The first-order valence-electron chi connectivity index (χ1n) is 6.09. The van der Waals surface area contributed by atoms with Gasteiger partial charge in [0.15, 0.2) is 0 Å². The van der Waals surface area contributed by atoms with E-state index >= 15 is 0 Å². The lowest BCUT2D eigenvalue weighted by molar-refractivity contribution is 0.594. The summed E-state index contributed by atoms with van der Waals surface area (Å²) in [6.45, 7) is 2.02. The van der Waals surface area contributed by atoms with Crippen LogP contribution in [0.5, 0.6) is 0 Å². The fourth-order valence-electron chi connectivity index (χ4n) is 1.81. The second-order valence-electron chi connectivity index (χ2n) is 4.64. The number of hydrogen-bond acceptors (Lipinski definition) is 6. The van der Waals surface area contributed by atoms with Crippen molar-refractivity contribution in [2.45, 2.75) is 12.1 Å². The molecule has 0 aliphatic rings. The average molecular weight is 320 g/mol. The minimum absolute atomic E-state index is 0.150. The van der Waals surface area contributed by atoms with Gasteiger partial charge in [-0.3, -0.25) is 0 Å². The van der Waals surface area contributed by atoms with Gasteiger partial charge in [0.1, 0.15) is 10.7 Å². The zero-order valence-corrected chi connectivity index (χ0v) is 13.0. The Morgan fingerprint density at radius 3 is 2.71 bits per heavy atom. The smallest absolute Gasteiger partial charge is 0.243 e. The van der Waals surface area contributed by atoms with Gasteiger partial charge < -0.3 is 0 Å². The molecule has 21 heavy (non-hydrogen) atoms. The number of thiazole rings is 1. The summed E-state index contributed by atoms with van der Waals surface area (Å²) in [4.78, 5) is 8.43. The number of H-pyrrole nitrogens is 1. The van der Waals surface area contributed by atoms with Crippen molar-refractivity contribution in [3.05, 3.63) is 35.2 Å². The predicted molar refractivity (Wildman–Crippen MR) is 80.8 cm³/mol. The van der Waals surface area contributed by atoms with Crippen LogP contribution in [-0.4, -0.2) is 34.8 Å². The Kier molecular flexibility index (Phi) is 3.34. The molecule has 0 amide bonds. The van der Waals surface area contributed by atoms with Crippen LogP contribution in [0.15, 0.2) is 34.8 Å². The molecule has 3 rings (SSSR count). The highest BCUT2D eigenvalue weighted by Gasteiger charge is 2.16. The highest BCUT2D eigenvalue weighted by atomic mass is 32.2. The van der Waals surface area contributed by atoms with Crippen LogP contribution in [-0.2, 0) is 9.84 Å². The number of nitrogens with zero attached hydrogens (tertiary/aromatic N) is 3. The van der Waals surface area contributed by atoms with Crippen LogP contribution in [0, 0.1) is 6.92 Å². The van der Waals surface area contributed by atoms with Crippen LogP contribution in [0.25, 0.3) is 22.1 Å². The first kappa shape index (κ1) is 13.9. The Morgan fingerprint density at radius 2 is 2.05 bits per heavy atom. The van der Waals surface area contributed by atoms with E-state index in [-0.39, 0.29) is 11.0 Å². The number of aromatic amines is 1. The molecule has 0 aliphatic carbocycles. The minimum Gasteiger partial charge on any atom is -0.249 e.